The number of nitrogens with one attached hydrogen (secondary N) is 1. The molecule has 1 fully saturated rings. The first-order chi connectivity index (χ1) is 13.0. The molecule has 2 aromatic rings. The number of carbonyl (C=O) groups is 1. The van der Waals surface area contributed by atoms with Crippen LogP contribution in [0.2, 0.25) is 0 Å². The smallest absolute Gasteiger partial charge is 0.252 e. The van der Waals surface area contributed by atoms with Gasteiger partial charge in [-0.05, 0) is 49.2 Å². The van der Waals surface area contributed by atoms with E-state index in [1.807, 2.05) is 0 Å². The van der Waals surface area contributed by atoms with Gasteiger partial charge in [-0.1, -0.05) is 12.8 Å². The summed E-state index contributed by atoms with van der Waals surface area (Å²) in [7, 11) is -1.87. The number of rotatable bonds is 6. The summed E-state index contributed by atoms with van der Waals surface area (Å²) in [5.41, 5.74) is 0.532. The van der Waals surface area contributed by atoms with Crippen LogP contribution >= 0.6 is 11.3 Å². The number of hydrogen-bond donors (Lipinski definition) is 1. The number of thiophene rings is 1. The van der Waals surface area contributed by atoms with Gasteiger partial charge in [-0.2, -0.15) is 4.31 Å². The van der Waals surface area contributed by atoms with Crippen molar-refractivity contribution in [1.82, 2.24) is 9.62 Å². The van der Waals surface area contributed by atoms with Gasteiger partial charge in [-0.25, -0.2) is 8.42 Å². The van der Waals surface area contributed by atoms with Crippen LogP contribution in [0.25, 0.3) is 0 Å². The van der Waals surface area contributed by atoms with Crippen molar-refractivity contribution >= 4 is 27.3 Å². The maximum Gasteiger partial charge on any atom is 0.252 e. The minimum absolute atomic E-state index is 0.206. The fourth-order valence-electron chi connectivity index (χ4n) is 3.01. The fourth-order valence-corrected chi connectivity index (χ4v) is 5.98. The molecule has 8 heteroatoms. The Bertz CT molecular complexity index is 867. The zero-order valence-corrected chi connectivity index (χ0v) is 16.9. The average molecular weight is 409 g/mol. The summed E-state index contributed by atoms with van der Waals surface area (Å²) in [6, 6.07) is 10.2. The van der Waals surface area contributed by atoms with Crippen molar-refractivity contribution in [2.24, 2.45) is 0 Å². The lowest BCUT2D eigenvalue weighted by atomic mass is 10.2. The van der Waals surface area contributed by atoms with Gasteiger partial charge in [-0.15, -0.1) is 11.3 Å². The summed E-state index contributed by atoms with van der Waals surface area (Å²) in [6.45, 7) is 1.47. The third kappa shape index (κ3) is 4.88. The third-order valence-corrected chi connectivity index (χ3v) is 8.02. The van der Waals surface area contributed by atoms with Gasteiger partial charge in [0.25, 0.3) is 15.9 Å². The van der Waals surface area contributed by atoms with E-state index < -0.39 is 10.0 Å². The normalized spacial score (nSPS) is 15.9. The predicted molar refractivity (Wildman–Crippen MR) is 106 cm³/mol. The van der Waals surface area contributed by atoms with E-state index >= 15 is 0 Å². The zero-order valence-electron chi connectivity index (χ0n) is 15.3. The van der Waals surface area contributed by atoms with E-state index in [2.05, 4.69) is 5.32 Å². The highest BCUT2D eigenvalue weighted by Crippen LogP contribution is 2.27. The van der Waals surface area contributed by atoms with Crippen LogP contribution in [0.1, 0.15) is 40.9 Å². The van der Waals surface area contributed by atoms with Gasteiger partial charge in [0.15, 0.2) is 0 Å². The topological polar surface area (TPSA) is 75.7 Å². The molecule has 1 saturated heterocycles. The average Bonchev–Trinajstić information content (AvgIpc) is 3.00. The number of nitrogens with zero attached hydrogens (tertiary/aromatic N) is 1. The van der Waals surface area contributed by atoms with Crippen molar-refractivity contribution in [3.8, 4) is 5.75 Å². The molecule has 146 valence electrons. The summed E-state index contributed by atoms with van der Waals surface area (Å²) in [5, 5.41) is 2.83. The maximum absolute atomic E-state index is 12.8. The molecule has 3 rings (SSSR count). The Morgan fingerprint density at radius 2 is 1.74 bits per heavy atom. The Labute approximate surface area is 164 Å². The first kappa shape index (κ1) is 19.9. The van der Waals surface area contributed by atoms with E-state index in [4.69, 9.17) is 4.74 Å². The van der Waals surface area contributed by atoms with E-state index in [1.54, 1.807) is 47.8 Å². The van der Waals surface area contributed by atoms with E-state index in [0.29, 0.717) is 35.2 Å². The Balaban J connectivity index is 1.62. The predicted octanol–water partition coefficient (Wildman–Crippen LogP) is 3.25. The number of methoxy groups -OCH3 is 1. The molecule has 1 aliphatic heterocycles. The van der Waals surface area contributed by atoms with Crippen LogP contribution in [0.4, 0.5) is 0 Å². The number of sulfonamides is 1. The molecule has 6 nitrogen and oxygen atoms in total. The number of hydrogen-bond acceptors (Lipinski definition) is 5. The van der Waals surface area contributed by atoms with Gasteiger partial charge in [-0.3, -0.25) is 4.79 Å². The number of ether oxygens (including phenoxy) is 1. The molecular formula is C19H24N2O4S2. The number of amides is 1. The van der Waals surface area contributed by atoms with E-state index in [-0.39, 0.29) is 5.91 Å². The van der Waals surface area contributed by atoms with E-state index in [9.17, 15) is 13.2 Å². The van der Waals surface area contributed by atoms with E-state index in [0.717, 1.165) is 30.6 Å². The molecule has 1 aliphatic rings. The minimum atomic E-state index is -3.44. The summed E-state index contributed by atoms with van der Waals surface area (Å²) >= 11 is 1.22. The minimum Gasteiger partial charge on any atom is -0.497 e. The monoisotopic (exact) mass is 408 g/mol. The Morgan fingerprint density at radius 1 is 1.07 bits per heavy atom. The van der Waals surface area contributed by atoms with Gasteiger partial charge in [0.1, 0.15) is 9.96 Å². The molecule has 1 aromatic heterocycles. The van der Waals surface area contributed by atoms with Crippen molar-refractivity contribution in [2.45, 2.75) is 36.4 Å². The molecule has 0 unspecified atom stereocenters. The number of carbonyl (C=O) groups excluding carboxylic acids is 1. The third-order valence-electron chi connectivity index (χ3n) is 4.57. The summed E-state index contributed by atoms with van der Waals surface area (Å²) in [4.78, 5) is 13.0. The highest BCUT2D eigenvalue weighted by atomic mass is 32.2. The second-order valence-corrected chi connectivity index (χ2v) is 9.78. The van der Waals surface area contributed by atoms with Gasteiger partial charge in [0, 0.05) is 23.5 Å². The molecule has 0 spiro atoms. The highest BCUT2D eigenvalue weighted by molar-refractivity contribution is 7.91. The van der Waals surface area contributed by atoms with E-state index in [1.165, 1.54) is 11.3 Å². The van der Waals surface area contributed by atoms with Crippen LogP contribution in [0.15, 0.2) is 40.6 Å². The van der Waals surface area contributed by atoms with Gasteiger partial charge in [0.2, 0.25) is 0 Å². The summed E-state index contributed by atoms with van der Waals surface area (Å²) in [6.07, 6.45) is 3.99. The largest absolute Gasteiger partial charge is 0.497 e. The lowest BCUT2D eigenvalue weighted by Gasteiger charge is -2.18. The van der Waals surface area contributed by atoms with Crippen LogP contribution in [0.5, 0.6) is 5.75 Å². The second-order valence-electron chi connectivity index (χ2n) is 6.45. The molecule has 0 atom stereocenters. The summed E-state index contributed by atoms with van der Waals surface area (Å²) < 4.78 is 32.6. The van der Waals surface area contributed by atoms with Crippen LogP contribution in [-0.2, 0) is 16.6 Å². The number of benzene rings is 1. The quantitative estimate of drug-likeness (QED) is 0.796. The first-order valence-corrected chi connectivity index (χ1v) is 11.3. The van der Waals surface area contributed by atoms with Crippen LogP contribution in [-0.4, -0.2) is 38.8 Å². The first-order valence-electron chi connectivity index (χ1n) is 9.02. The lowest BCUT2D eigenvalue weighted by molar-refractivity contribution is 0.0951. The van der Waals surface area contributed by atoms with Crippen molar-refractivity contribution in [1.29, 1.82) is 0 Å². The highest BCUT2D eigenvalue weighted by Gasteiger charge is 2.26. The van der Waals surface area contributed by atoms with Crippen LogP contribution in [0.3, 0.4) is 0 Å². The standard InChI is InChI=1S/C19H24N2O4S2/c1-25-16-8-6-15(7-9-16)19(22)20-14-17-10-11-18(26-17)27(23,24)21-12-4-2-3-5-13-21/h6-11H,2-5,12-14H2,1H3,(H,20,22). The van der Waals surface area contributed by atoms with Gasteiger partial charge < -0.3 is 10.1 Å². The molecular weight excluding hydrogens is 384 g/mol. The van der Waals surface area contributed by atoms with Crippen LogP contribution < -0.4 is 10.1 Å². The maximum atomic E-state index is 12.8. The fraction of sp³-hybridized carbons (Fsp3) is 0.421. The Hall–Kier alpha value is -1.90. The Morgan fingerprint density at radius 3 is 2.37 bits per heavy atom. The molecule has 1 N–H and O–H groups in total. The summed E-state index contributed by atoms with van der Waals surface area (Å²) in [5.74, 6) is 0.483. The molecule has 0 saturated carbocycles. The SMILES string of the molecule is COc1ccc(C(=O)NCc2ccc(S(=O)(=O)N3CCCCCC3)s2)cc1. The van der Waals surface area contributed by atoms with Crippen LogP contribution in [0, 0.1) is 0 Å². The molecule has 0 radical (unpaired) electrons. The molecule has 1 amide bonds. The van der Waals surface area contributed by atoms with Crippen molar-refractivity contribution in [2.75, 3.05) is 20.2 Å². The Kier molecular flexibility index (Phi) is 6.51. The molecule has 0 bridgehead atoms. The van der Waals surface area contributed by atoms with Gasteiger partial charge >= 0.3 is 0 Å². The molecule has 27 heavy (non-hydrogen) atoms. The lowest BCUT2D eigenvalue weighted by Crippen LogP contribution is -2.31. The van der Waals surface area contributed by atoms with Gasteiger partial charge in [0.05, 0.1) is 13.7 Å². The molecule has 2 heterocycles. The molecule has 1 aromatic carbocycles. The van der Waals surface area contributed by atoms with Crippen molar-refractivity contribution in [3.05, 3.63) is 46.8 Å². The second kappa shape index (κ2) is 8.86. The zero-order chi connectivity index (χ0) is 19.3. The van der Waals surface area contributed by atoms with Crippen molar-refractivity contribution < 1.29 is 17.9 Å². The molecule has 0 aliphatic carbocycles. The van der Waals surface area contributed by atoms with Crippen molar-refractivity contribution in [3.63, 3.8) is 0 Å².